The molecule has 0 unspecified atom stereocenters. The number of carbonyl (C=O) groups excluding carboxylic acids is 2. The zero-order valence-corrected chi connectivity index (χ0v) is 11.6. The quantitative estimate of drug-likeness (QED) is 0.877. The molecule has 5 nitrogen and oxygen atoms in total. The topological polar surface area (TPSA) is 68.4 Å². The molecule has 0 bridgehead atoms. The normalized spacial score (nSPS) is 15.4. The largest absolute Gasteiger partial charge is 0.492 e. The van der Waals surface area contributed by atoms with Crippen molar-refractivity contribution in [1.82, 2.24) is 4.98 Å². The smallest absolute Gasteiger partial charge is 0.232 e. The van der Waals surface area contributed by atoms with Crippen molar-refractivity contribution in [2.45, 2.75) is 0 Å². The Balaban J connectivity index is 2.27. The van der Waals surface area contributed by atoms with Crippen molar-refractivity contribution in [3.63, 3.8) is 0 Å². The summed E-state index contributed by atoms with van der Waals surface area (Å²) in [6.07, 6.45) is 2.85. The van der Waals surface area contributed by atoms with Crippen molar-refractivity contribution in [2.75, 3.05) is 14.2 Å². The highest BCUT2D eigenvalue weighted by Gasteiger charge is 2.32. The molecule has 5 heteroatoms. The van der Waals surface area contributed by atoms with Gasteiger partial charge in [-0.15, -0.1) is 0 Å². The molecule has 1 N–H and O–H groups in total. The van der Waals surface area contributed by atoms with Gasteiger partial charge in [0.25, 0.3) is 0 Å². The lowest BCUT2D eigenvalue weighted by Gasteiger charge is -2.16. The van der Waals surface area contributed by atoms with Crippen molar-refractivity contribution in [2.24, 2.45) is 0 Å². The second-order valence-electron chi connectivity index (χ2n) is 4.56. The van der Waals surface area contributed by atoms with Gasteiger partial charge in [-0.3, -0.25) is 9.59 Å². The number of methoxy groups -OCH3 is 2. The summed E-state index contributed by atoms with van der Waals surface area (Å²) in [4.78, 5) is 27.7. The molecular weight excluding hydrogens is 270 g/mol. The third-order valence-corrected chi connectivity index (χ3v) is 3.45. The lowest BCUT2D eigenvalue weighted by Crippen LogP contribution is -2.20. The number of carbonyl (C=O) groups is 2. The van der Waals surface area contributed by atoms with Gasteiger partial charge in [-0.05, 0) is 6.07 Å². The molecule has 21 heavy (non-hydrogen) atoms. The Kier molecular flexibility index (Phi) is 3.10. The molecule has 1 heterocycles. The van der Waals surface area contributed by atoms with Crippen LogP contribution in [-0.4, -0.2) is 30.8 Å². The average Bonchev–Trinajstić information content (AvgIpc) is 2.92. The Labute approximate surface area is 120 Å². The zero-order chi connectivity index (χ0) is 15.0. The van der Waals surface area contributed by atoms with Crippen LogP contribution in [-0.2, 0) is 19.1 Å². The van der Waals surface area contributed by atoms with Gasteiger partial charge in [-0.1, -0.05) is 18.2 Å². The van der Waals surface area contributed by atoms with Crippen molar-refractivity contribution in [3.05, 3.63) is 53.6 Å². The molecular formula is C16H13NO4. The van der Waals surface area contributed by atoms with Crippen LogP contribution in [0.3, 0.4) is 0 Å². The summed E-state index contributed by atoms with van der Waals surface area (Å²) in [5.41, 5.74) is 1.73. The highest BCUT2D eigenvalue weighted by molar-refractivity contribution is 6.38. The van der Waals surface area contributed by atoms with Crippen LogP contribution in [0.25, 0.3) is 16.5 Å². The highest BCUT2D eigenvalue weighted by atomic mass is 16.5. The van der Waals surface area contributed by atoms with E-state index in [-0.39, 0.29) is 28.7 Å². The molecule has 1 aromatic carbocycles. The molecule has 0 atom stereocenters. The Morgan fingerprint density at radius 2 is 1.81 bits per heavy atom. The summed E-state index contributed by atoms with van der Waals surface area (Å²) < 4.78 is 10.1. The zero-order valence-electron chi connectivity index (χ0n) is 11.6. The molecule has 1 aliphatic rings. The van der Waals surface area contributed by atoms with Gasteiger partial charge in [-0.25, -0.2) is 0 Å². The van der Waals surface area contributed by atoms with Gasteiger partial charge in [0, 0.05) is 28.7 Å². The van der Waals surface area contributed by atoms with Gasteiger partial charge in [-0.2, -0.15) is 0 Å². The Bertz CT molecular complexity index is 811. The molecule has 0 saturated heterocycles. The van der Waals surface area contributed by atoms with Crippen molar-refractivity contribution in [3.8, 4) is 0 Å². The van der Waals surface area contributed by atoms with E-state index < -0.39 is 0 Å². The van der Waals surface area contributed by atoms with Gasteiger partial charge in [0.1, 0.15) is 0 Å². The summed E-state index contributed by atoms with van der Waals surface area (Å²) in [7, 11) is 2.74. The van der Waals surface area contributed by atoms with Crippen LogP contribution in [0.2, 0.25) is 0 Å². The Morgan fingerprint density at radius 1 is 1.05 bits per heavy atom. The fourth-order valence-electron chi connectivity index (χ4n) is 2.48. The number of hydrogen-bond donors (Lipinski definition) is 1. The van der Waals surface area contributed by atoms with Crippen molar-refractivity contribution < 1.29 is 19.1 Å². The third kappa shape index (κ3) is 1.94. The first kappa shape index (κ1) is 13.2. The molecule has 106 valence electrons. The summed E-state index contributed by atoms with van der Waals surface area (Å²) >= 11 is 0. The van der Waals surface area contributed by atoms with Gasteiger partial charge >= 0.3 is 0 Å². The third-order valence-electron chi connectivity index (χ3n) is 3.45. The van der Waals surface area contributed by atoms with Crippen LogP contribution in [0.1, 0.15) is 5.56 Å². The number of benzene rings is 1. The lowest BCUT2D eigenvalue weighted by atomic mass is 9.93. The Hall–Kier alpha value is -2.82. The molecule has 2 aromatic rings. The monoisotopic (exact) mass is 283 g/mol. The first-order valence-corrected chi connectivity index (χ1v) is 6.37. The van der Waals surface area contributed by atoms with Crippen LogP contribution >= 0.6 is 0 Å². The maximum absolute atomic E-state index is 12.5. The minimum atomic E-state index is -0.380. The van der Waals surface area contributed by atoms with E-state index in [2.05, 4.69) is 4.98 Å². The molecule has 0 saturated carbocycles. The molecule has 0 amide bonds. The van der Waals surface area contributed by atoms with E-state index in [1.165, 1.54) is 14.2 Å². The summed E-state index contributed by atoms with van der Waals surface area (Å²) in [6.45, 7) is 0. The SMILES string of the molecule is COC1=CC(=O)C(OC)=C(c2c[nH]c3ccccc23)C1=O. The van der Waals surface area contributed by atoms with Crippen LogP contribution in [0, 0.1) is 0 Å². The van der Waals surface area contributed by atoms with E-state index >= 15 is 0 Å². The number of allylic oxidation sites excluding steroid dienone is 2. The number of hydrogen-bond acceptors (Lipinski definition) is 4. The van der Waals surface area contributed by atoms with Gasteiger partial charge in [0.15, 0.2) is 11.5 Å². The maximum Gasteiger partial charge on any atom is 0.232 e. The maximum atomic E-state index is 12.5. The fourth-order valence-corrected chi connectivity index (χ4v) is 2.48. The number of nitrogens with one attached hydrogen (secondary N) is 1. The number of aromatic nitrogens is 1. The molecule has 0 spiro atoms. The number of H-pyrrole nitrogens is 1. The number of aromatic amines is 1. The van der Waals surface area contributed by atoms with E-state index in [9.17, 15) is 9.59 Å². The van der Waals surface area contributed by atoms with E-state index in [0.29, 0.717) is 5.56 Å². The number of ketones is 2. The molecule has 1 aromatic heterocycles. The fraction of sp³-hybridized carbons (Fsp3) is 0.125. The van der Waals surface area contributed by atoms with Crippen LogP contribution in [0.15, 0.2) is 48.1 Å². The predicted molar refractivity (Wildman–Crippen MR) is 77.3 cm³/mol. The van der Waals surface area contributed by atoms with Crippen molar-refractivity contribution >= 4 is 28.0 Å². The molecule has 0 radical (unpaired) electrons. The van der Waals surface area contributed by atoms with E-state index in [1.54, 1.807) is 6.20 Å². The number of fused-ring (bicyclic) bond motifs is 1. The predicted octanol–water partition coefficient (Wildman–Crippen LogP) is 2.21. The standard InChI is InChI=1S/C16H13NO4/c1-20-13-7-12(18)16(21-2)14(15(13)19)10-8-17-11-6-4-3-5-9(10)11/h3-8,17H,1-2H3. The first-order valence-electron chi connectivity index (χ1n) is 6.37. The summed E-state index contributed by atoms with van der Waals surface area (Å²) in [6, 6.07) is 7.54. The van der Waals surface area contributed by atoms with Crippen LogP contribution in [0.5, 0.6) is 0 Å². The van der Waals surface area contributed by atoms with Gasteiger partial charge in [0.2, 0.25) is 11.6 Å². The molecule has 1 aliphatic carbocycles. The van der Waals surface area contributed by atoms with Crippen molar-refractivity contribution in [1.29, 1.82) is 0 Å². The minimum Gasteiger partial charge on any atom is -0.492 e. The highest BCUT2D eigenvalue weighted by Crippen LogP contribution is 2.33. The van der Waals surface area contributed by atoms with E-state index in [1.807, 2.05) is 24.3 Å². The second-order valence-corrected chi connectivity index (χ2v) is 4.56. The summed E-state index contributed by atoms with van der Waals surface area (Å²) in [5, 5.41) is 0.848. The van der Waals surface area contributed by atoms with Gasteiger partial charge in [0.05, 0.1) is 19.8 Å². The van der Waals surface area contributed by atoms with Crippen LogP contribution < -0.4 is 0 Å². The number of para-hydroxylation sites is 1. The molecule has 0 fully saturated rings. The van der Waals surface area contributed by atoms with E-state index in [0.717, 1.165) is 17.0 Å². The summed E-state index contributed by atoms with van der Waals surface area (Å²) in [5.74, 6) is -0.695. The second kappa shape index (κ2) is 4.94. The van der Waals surface area contributed by atoms with Crippen LogP contribution in [0.4, 0.5) is 0 Å². The molecule has 0 aliphatic heterocycles. The number of rotatable bonds is 3. The van der Waals surface area contributed by atoms with E-state index in [4.69, 9.17) is 9.47 Å². The average molecular weight is 283 g/mol. The van der Waals surface area contributed by atoms with Gasteiger partial charge < -0.3 is 14.5 Å². The Morgan fingerprint density at radius 3 is 2.52 bits per heavy atom. The minimum absolute atomic E-state index is 0.0149. The number of ether oxygens (including phenoxy) is 2. The molecule has 3 rings (SSSR count). The first-order chi connectivity index (χ1) is 10.2. The number of Topliss-reactive ketones (excluding diaryl/α,β-unsaturated/α-hetero) is 1. The lowest BCUT2D eigenvalue weighted by molar-refractivity contribution is -0.118.